The van der Waals surface area contributed by atoms with Crippen LogP contribution in [0.25, 0.3) is 109 Å². The highest BCUT2D eigenvalue weighted by Gasteiger charge is 2.27. The summed E-state index contributed by atoms with van der Waals surface area (Å²) >= 11 is 1.86. The van der Waals surface area contributed by atoms with Gasteiger partial charge in [0.05, 0.1) is 33.5 Å². The van der Waals surface area contributed by atoms with E-state index in [1.165, 1.54) is 63.8 Å². The number of benzene rings is 8. The number of thiophene rings is 1. The molecule has 0 N–H and O–H groups in total. The highest BCUT2D eigenvalue weighted by molar-refractivity contribution is 7.27. The van der Waals surface area contributed by atoms with Gasteiger partial charge in [-0.05, 0) is 48.5 Å². The van der Waals surface area contributed by atoms with Crippen molar-refractivity contribution in [2.24, 2.45) is 0 Å². The van der Waals surface area contributed by atoms with Crippen molar-refractivity contribution in [2.45, 2.75) is 0 Å². The lowest BCUT2D eigenvalue weighted by Gasteiger charge is -2.12. The molecule has 0 radical (unpaired) electrons. The minimum atomic E-state index is 0.718. The summed E-state index contributed by atoms with van der Waals surface area (Å²) in [5.41, 5.74) is 12.0. The molecule has 12 aromatic rings. The van der Waals surface area contributed by atoms with E-state index in [-0.39, 0.29) is 0 Å². The topological polar surface area (TPSA) is 35.6 Å². The van der Waals surface area contributed by atoms with Gasteiger partial charge in [0, 0.05) is 69.8 Å². The van der Waals surface area contributed by atoms with Crippen LogP contribution in [0.15, 0.2) is 194 Å². The summed E-state index contributed by atoms with van der Waals surface area (Å²) in [5, 5.41) is 7.43. The van der Waals surface area contributed by atoms with Gasteiger partial charge in [-0.2, -0.15) is 0 Å². The van der Waals surface area contributed by atoms with Gasteiger partial charge in [0.25, 0.3) is 0 Å². The van der Waals surface area contributed by atoms with Gasteiger partial charge in [-0.25, -0.2) is 9.97 Å². The average Bonchev–Trinajstić information content (AvgIpc) is 3.95. The van der Waals surface area contributed by atoms with Gasteiger partial charge in [-0.15, -0.1) is 11.3 Å². The van der Waals surface area contributed by atoms with E-state index in [0.717, 1.165) is 45.3 Å². The SMILES string of the molecule is c1ccc(-c2cc(-c3ccccc3)nc(-c3cccc4c3sc3c5c6ccccc6n(-c6ccccc6)c5c5c6ccccc6n(-c6ccccc6)c5c43)n2)cc1. The summed E-state index contributed by atoms with van der Waals surface area (Å²) in [6, 6.07) is 69.1. The Bertz CT molecular complexity index is 3430. The number of hydrogen-bond acceptors (Lipinski definition) is 3. The van der Waals surface area contributed by atoms with Crippen molar-refractivity contribution in [1.82, 2.24) is 19.1 Å². The van der Waals surface area contributed by atoms with Gasteiger partial charge in [0.2, 0.25) is 0 Å². The molecule has 0 spiro atoms. The number of para-hydroxylation sites is 4. The number of fused-ring (bicyclic) bond motifs is 12. The summed E-state index contributed by atoms with van der Waals surface area (Å²) in [5.74, 6) is 0.718. The first kappa shape index (κ1) is 32.0. The van der Waals surface area contributed by atoms with Crippen LogP contribution in [0.3, 0.4) is 0 Å². The zero-order valence-electron chi connectivity index (χ0n) is 30.7. The largest absolute Gasteiger partial charge is 0.308 e. The van der Waals surface area contributed by atoms with E-state index < -0.39 is 0 Å². The molecule has 266 valence electrons. The monoisotopic (exact) mass is 744 g/mol. The molecule has 0 bridgehead atoms. The smallest absolute Gasteiger partial charge is 0.161 e. The van der Waals surface area contributed by atoms with Crippen LogP contribution in [0.2, 0.25) is 0 Å². The Morgan fingerprint density at radius 1 is 0.368 bits per heavy atom. The van der Waals surface area contributed by atoms with E-state index in [4.69, 9.17) is 9.97 Å². The Kier molecular flexibility index (Phi) is 7.06. The molecule has 0 aliphatic rings. The highest BCUT2D eigenvalue weighted by atomic mass is 32.1. The molecule has 12 rings (SSSR count). The Morgan fingerprint density at radius 2 is 0.807 bits per heavy atom. The first-order valence-electron chi connectivity index (χ1n) is 19.3. The number of rotatable bonds is 5. The first-order valence-corrected chi connectivity index (χ1v) is 20.1. The molecule has 8 aromatic carbocycles. The molecule has 0 saturated heterocycles. The van der Waals surface area contributed by atoms with E-state index in [2.05, 4.69) is 191 Å². The van der Waals surface area contributed by atoms with Crippen LogP contribution in [-0.2, 0) is 0 Å². The molecule has 4 nitrogen and oxygen atoms in total. The maximum atomic E-state index is 5.32. The summed E-state index contributed by atoms with van der Waals surface area (Å²) in [6.45, 7) is 0. The summed E-state index contributed by atoms with van der Waals surface area (Å²) in [4.78, 5) is 10.6. The Hall–Kier alpha value is -7.34. The molecule has 4 aromatic heterocycles. The molecule has 0 unspecified atom stereocenters. The van der Waals surface area contributed by atoms with Gasteiger partial charge in [-0.3, -0.25) is 0 Å². The quantitative estimate of drug-likeness (QED) is 0.176. The molecule has 0 fully saturated rings. The van der Waals surface area contributed by atoms with Crippen LogP contribution in [0.4, 0.5) is 0 Å². The fourth-order valence-electron chi connectivity index (χ4n) is 8.90. The lowest BCUT2D eigenvalue weighted by atomic mass is 10.0. The van der Waals surface area contributed by atoms with Crippen LogP contribution in [0.5, 0.6) is 0 Å². The van der Waals surface area contributed by atoms with Crippen molar-refractivity contribution < 1.29 is 0 Å². The third-order valence-electron chi connectivity index (χ3n) is 11.3. The fourth-order valence-corrected chi connectivity index (χ4v) is 10.3. The third-order valence-corrected chi connectivity index (χ3v) is 12.6. The van der Waals surface area contributed by atoms with Crippen LogP contribution >= 0.6 is 11.3 Å². The van der Waals surface area contributed by atoms with Gasteiger partial charge >= 0.3 is 0 Å². The van der Waals surface area contributed by atoms with Gasteiger partial charge in [-0.1, -0.05) is 146 Å². The molecule has 0 saturated carbocycles. The molecule has 0 aliphatic carbocycles. The second-order valence-electron chi connectivity index (χ2n) is 14.5. The average molecular weight is 745 g/mol. The van der Waals surface area contributed by atoms with Crippen LogP contribution < -0.4 is 0 Å². The van der Waals surface area contributed by atoms with Gasteiger partial charge in [0.1, 0.15) is 0 Å². The number of hydrogen-bond donors (Lipinski definition) is 0. The maximum absolute atomic E-state index is 5.32. The van der Waals surface area contributed by atoms with Crippen LogP contribution in [-0.4, -0.2) is 19.1 Å². The van der Waals surface area contributed by atoms with E-state index in [0.29, 0.717) is 0 Å². The zero-order chi connectivity index (χ0) is 37.5. The first-order chi connectivity index (χ1) is 28.3. The maximum Gasteiger partial charge on any atom is 0.161 e. The van der Waals surface area contributed by atoms with Crippen molar-refractivity contribution in [3.63, 3.8) is 0 Å². The normalized spacial score (nSPS) is 11.9. The van der Waals surface area contributed by atoms with E-state index in [1.807, 2.05) is 23.5 Å². The highest BCUT2D eigenvalue weighted by Crippen LogP contribution is 2.52. The van der Waals surface area contributed by atoms with Crippen LogP contribution in [0.1, 0.15) is 0 Å². The second-order valence-corrected chi connectivity index (χ2v) is 15.5. The predicted octanol–water partition coefficient (Wildman–Crippen LogP) is 14.0. The van der Waals surface area contributed by atoms with Crippen molar-refractivity contribution in [3.05, 3.63) is 194 Å². The lowest BCUT2D eigenvalue weighted by Crippen LogP contribution is -1.96. The van der Waals surface area contributed by atoms with Crippen molar-refractivity contribution in [3.8, 4) is 45.3 Å². The van der Waals surface area contributed by atoms with Gasteiger partial charge in [0.15, 0.2) is 5.82 Å². The lowest BCUT2D eigenvalue weighted by molar-refractivity contribution is 1.18. The second kappa shape index (κ2) is 12.6. The van der Waals surface area contributed by atoms with Crippen LogP contribution in [0, 0.1) is 0 Å². The molecule has 57 heavy (non-hydrogen) atoms. The minimum absolute atomic E-state index is 0.718. The van der Waals surface area contributed by atoms with Gasteiger partial charge < -0.3 is 9.13 Å². The van der Waals surface area contributed by atoms with E-state index in [9.17, 15) is 0 Å². The van der Waals surface area contributed by atoms with E-state index >= 15 is 0 Å². The number of aromatic nitrogens is 4. The molecular formula is C52H32N4S. The molecular weight excluding hydrogens is 713 g/mol. The molecule has 0 atom stereocenters. The zero-order valence-corrected chi connectivity index (χ0v) is 31.5. The third kappa shape index (κ3) is 4.79. The Balaban J connectivity index is 1.29. The molecule has 5 heteroatoms. The van der Waals surface area contributed by atoms with Crippen molar-refractivity contribution in [1.29, 1.82) is 0 Å². The summed E-state index contributed by atoms with van der Waals surface area (Å²) in [7, 11) is 0. The summed E-state index contributed by atoms with van der Waals surface area (Å²) < 4.78 is 7.40. The van der Waals surface area contributed by atoms with Crippen molar-refractivity contribution in [2.75, 3.05) is 0 Å². The fraction of sp³-hybridized carbons (Fsp3) is 0. The van der Waals surface area contributed by atoms with Crippen molar-refractivity contribution >= 4 is 75.1 Å². The Morgan fingerprint density at radius 3 is 1.35 bits per heavy atom. The molecule has 0 aliphatic heterocycles. The molecule has 4 heterocycles. The molecule has 0 amide bonds. The Labute approximate surface area is 332 Å². The minimum Gasteiger partial charge on any atom is -0.308 e. The predicted molar refractivity (Wildman–Crippen MR) is 240 cm³/mol. The van der Waals surface area contributed by atoms with E-state index in [1.54, 1.807) is 0 Å². The number of nitrogens with zero attached hydrogens (tertiary/aromatic N) is 4. The standard InChI is InChI=1S/C52H32N4S/c1-5-18-33(19-6-1)41-32-42(34-20-7-2-8-21-34)54-52(53-41)40-29-17-28-39-47-49-45(37-26-13-15-30-43(37)55(49)35-22-9-3-10-23-35)48-46(51(47)57-50(39)40)38-27-14-16-31-44(38)56(48)36-24-11-4-12-25-36/h1-32H. The summed E-state index contributed by atoms with van der Waals surface area (Å²) in [6.07, 6.45) is 0.